The van der Waals surface area contributed by atoms with Crippen LogP contribution in [-0.4, -0.2) is 25.8 Å². The van der Waals surface area contributed by atoms with Gasteiger partial charge in [0.15, 0.2) is 0 Å². The van der Waals surface area contributed by atoms with Gasteiger partial charge in [-0.05, 0) is 12.5 Å². The van der Waals surface area contributed by atoms with E-state index in [1.165, 1.54) is 0 Å². The lowest BCUT2D eigenvalue weighted by Gasteiger charge is -2.11. The quantitative estimate of drug-likeness (QED) is 0.782. The topological polar surface area (TPSA) is 50.7 Å². The Kier molecular flexibility index (Phi) is 2.90. The number of amides is 1. The maximum atomic E-state index is 11.6. The summed E-state index contributed by atoms with van der Waals surface area (Å²) in [6.07, 6.45) is 1.13. The molecule has 4 nitrogen and oxygen atoms in total. The van der Waals surface area contributed by atoms with Crippen LogP contribution in [0.2, 0.25) is 0 Å². The molecule has 1 aliphatic rings. The molecule has 0 atom stereocenters. The van der Waals surface area contributed by atoms with E-state index in [1.807, 2.05) is 18.2 Å². The van der Waals surface area contributed by atoms with Gasteiger partial charge in [0, 0.05) is 24.7 Å². The molecule has 1 aromatic carbocycles. The van der Waals surface area contributed by atoms with Crippen molar-refractivity contribution in [1.29, 1.82) is 0 Å². The first kappa shape index (κ1) is 10.7. The predicted octanol–water partition coefficient (Wildman–Crippen LogP) is 1.85. The van der Waals surface area contributed by atoms with Gasteiger partial charge in [0.25, 0.3) is 0 Å². The number of nitrogens with one attached hydrogen (secondary N) is 1. The molecule has 1 N–H and O–H groups in total. The summed E-state index contributed by atoms with van der Waals surface area (Å²) in [5.74, 6) is 0.679. The molecule has 0 aliphatic carbocycles. The van der Waals surface area contributed by atoms with Crippen LogP contribution in [0.1, 0.15) is 18.4 Å². The van der Waals surface area contributed by atoms with Crippen LogP contribution in [0.4, 0.5) is 5.69 Å². The van der Waals surface area contributed by atoms with E-state index in [0.29, 0.717) is 18.6 Å². The smallest absolute Gasteiger partial charge is 0.224 e. The minimum Gasteiger partial charge on any atom is -0.495 e. The minimum atomic E-state index is 0.00407. The fraction of sp³-hybridized carbons (Fsp3) is 0.333. The van der Waals surface area contributed by atoms with E-state index in [9.17, 15) is 4.79 Å². The molecule has 0 radical (unpaired) electrons. The number of carbonyl (C=O) groups is 1. The summed E-state index contributed by atoms with van der Waals surface area (Å²) >= 11 is 0. The van der Waals surface area contributed by atoms with E-state index in [-0.39, 0.29) is 5.91 Å². The Labute approximate surface area is 94.3 Å². The number of hydrogen-bond donors (Lipinski definition) is 1. The van der Waals surface area contributed by atoms with E-state index in [2.05, 4.69) is 10.3 Å². The van der Waals surface area contributed by atoms with Crippen molar-refractivity contribution in [1.82, 2.24) is 0 Å². The molecule has 0 fully saturated rings. The summed E-state index contributed by atoms with van der Waals surface area (Å²) < 4.78 is 5.24. The number of ether oxygens (including phenoxy) is 1. The first-order valence-electron chi connectivity index (χ1n) is 5.19. The molecular weight excluding hydrogens is 204 g/mol. The number of aliphatic imine (C=N–C) groups is 1. The van der Waals surface area contributed by atoms with Crippen LogP contribution >= 0.6 is 0 Å². The number of anilines is 1. The number of para-hydroxylation sites is 1. The maximum Gasteiger partial charge on any atom is 0.224 e. The number of fused-ring (bicyclic) bond motifs is 1. The molecule has 1 amide bonds. The van der Waals surface area contributed by atoms with Gasteiger partial charge in [-0.3, -0.25) is 9.79 Å². The molecule has 0 aromatic heterocycles. The highest BCUT2D eigenvalue weighted by atomic mass is 16.5. The van der Waals surface area contributed by atoms with Crippen LogP contribution in [0.15, 0.2) is 23.2 Å². The van der Waals surface area contributed by atoms with Crippen LogP contribution in [-0.2, 0) is 4.79 Å². The minimum absolute atomic E-state index is 0.00407. The summed E-state index contributed by atoms with van der Waals surface area (Å²) in [6.45, 7) is 0. The molecular formula is C12H14N2O2. The highest BCUT2D eigenvalue weighted by Crippen LogP contribution is 2.31. The Morgan fingerprint density at radius 2 is 2.19 bits per heavy atom. The Bertz CT molecular complexity index is 452. The average molecular weight is 218 g/mol. The number of hydrogen-bond acceptors (Lipinski definition) is 3. The van der Waals surface area contributed by atoms with Gasteiger partial charge >= 0.3 is 0 Å². The van der Waals surface area contributed by atoms with Crippen molar-refractivity contribution >= 4 is 17.3 Å². The summed E-state index contributed by atoms with van der Waals surface area (Å²) in [5.41, 5.74) is 2.62. The van der Waals surface area contributed by atoms with Crippen molar-refractivity contribution in [2.24, 2.45) is 4.99 Å². The summed E-state index contributed by atoms with van der Waals surface area (Å²) in [4.78, 5) is 15.8. The van der Waals surface area contributed by atoms with Crippen LogP contribution in [0, 0.1) is 0 Å². The maximum absolute atomic E-state index is 11.6. The van der Waals surface area contributed by atoms with Crippen molar-refractivity contribution in [2.45, 2.75) is 12.8 Å². The van der Waals surface area contributed by atoms with Gasteiger partial charge in [-0.1, -0.05) is 12.1 Å². The van der Waals surface area contributed by atoms with Crippen molar-refractivity contribution < 1.29 is 9.53 Å². The third-order valence-corrected chi connectivity index (χ3v) is 2.68. The lowest BCUT2D eigenvalue weighted by atomic mass is 10.0. The second kappa shape index (κ2) is 4.35. The second-order valence-electron chi connectivity index (χ2n) is 3.60. The van der Waals surface area contributed by atoms with Crippen LogP contribution in [0.5, 0.6) is 5.75 Å². The molecule has 4 heteroatoms. The second-order valence-corrected chi connectivity index (χ2v) is 3.60. The zero-order valence-corrected chi connectivity index (χ0v) is 9.41. The van der Waals surface area contributed by atoms with E-state index in [1.54, 1.807) is 14.2 Å². The first-order valence-corrected chi connectivity index (χ1v) is 5.19. The molecule has 1 aromatic rings. The van der Waals surface area contributed by atoms with E-state index < -0.39 is 0 Å². The van der Waals surface area contributed by atoms with Gasteiger partial charge < -0.3 is 10.1 Å². The molecule has 1 aliphatic heterocycles. The Hall–Kier alpha value is -1.84. The number of nitrogens with zero attached hydrogens (tertiary/aromatic N) is 1. The summed E-state index contributed by atoms with van der Waals surface area (Å²) in [6, 6.07) is 5.68. The molecule has 84 valence electrons. The summed E-state index contributed by atoms with van der Waals surface area (Å²) in [7, 11) is 3.34. The van der Waals surface area contributed by atoms with Gasteiger partial charge in [-0.15, -0.1) is 0 Å². The largest absolute Gasteiger partial charge is 0.495 e. The first-order chi connectivity index (χ1) is 7.76. The van der Waals surface area contributed by atoms with Crippen molar-refractivity contribution in [3.05, 3.63) is 23.8 Å². The fourth-order valence-electron chi connectivity index (χ4n) is 1.87. The van der Waals surface area contributed by atoms with Crippen LogP contribution in [0.25, 0.3) is 0 Å². The third-order valence-electron chi connectivity index (χ3n) is 2.68. The van der Waals surface area contributed by atoms with Crippen LogP contribution in [0.3, 0.4) is 0 Å². The van der Waals surface area contributed by atoms with Crippen molar-refractivity contribution in [2.75, 3.05) is 19.5 Å². The van der Waals surface area contributed by atoms with E-state index in [4.69, 9.17) is 4.74 Å². The van der Waals surface area contributed by atoms with Gasteiger partial charge in [0.1, 0.15) is 5.75 Å². The van der Waals surface area contributed by atoms with Crippen molar-refractivity contribution in [3.63, 3.8) is 0 Å². The predicted molar refractivity (Wildman–Crippen MR) is 63.3 cm³/mol. The fourth-order valence-corrected chi connectivity index (χ4v) is 1.87. The van der Waals surface area contributed by atoms with Crippen molar-refractivity contribution in [3.8, 4) is 5.75 Å². The zero-order valence-electron chi connectivity index (χ0n) is 9.41. The average Bonchev–Trinajstić information content (AvgIpc) is 2.46. The molecule has 0 saturated heterocycles. The molecule has 16 heavy (non-hydrogen) atoms. The number of carbonyl (C=O) groups excluding carboxylic acids is 1. The SMILES string of the molecule is CN=C1CCC(=O)Nc2c(OC)cccc21. The molecule has 0 saturated carbocycles. The standard InChI is InChI=1S/C12H14N2O2/c1-13-9-6-7-11(15)14-12-8(9)4-3-5-10(12)16-2/h3-5H,6-7H2,1-2H3,(H,14,15). The lowest BCUT2D eigenvalue weighted by Crippen LogP contribution is -2.10. The van der Waals surface area contributed by atoms with Gasteiger partial charge in [-0.25, -0.2) is 0 Å². The highest BCUT2D eigenvalue weighted by molar-refractivity contribution is 6.12. The Morgan fingerprint density at radius 1 is 1.38 bits per heavy atom. The van der Waals surface area contributed by atoms with E-state index in [0.717, 1.165) is 17.0 Å². The molecule has 0 unspecified atom stereocenters. The van der Waals surface area contributed by atoms with Gasteiger partial charge in [0.05, 0.1) is 12.8 Å². The van der Waals surface area contributed by atoms with Gasteiger partial charge in [-0.2, -0.15) is 0 Å². The number of methoxy groups -OCH3 is 1. The van der Waals surface area contributed by atoms with Crippen LogP contribution < -0.4 is 10.1 Å². The summed E-state index contributed by atoms with van der Waals surface area (Å²) in [5, 5.41) is 2.86. The van der Waals surface area contributed by atoms with Gasteiger partial charge in [0.2, 0.25) is 5.91 Å². The number of benzene rings is 1. The monoisotopic (exact) mass is 218 g/mol. The molecule has 2 rings (SSSR count). The molecule has 0 spiro atoms. The Balaban J connectivity index is 2.59. The third kappa shape index (κ3) is 1.78. The lowest BCUT2D eigenvalue weighted by molar-refractivity contribution is -0.116. The molecule has 1 heterocycles. The Morgan fingerprint density at radius 3 is 2.88 bits per heavy atom. The normalized spacial score (nSPS) is 17.6. The number of rotatable bonds is 1. The van der Waals surface area contributed by atoms with E-state index >= 15 is 0 Å². The zero-order chi connectivity index (χ0) is 11.5. The molecule has 0 bridgehead atoms. The highest BCUT2D eigenvalue weighted by Gasteiger charge is 2.20.